The number of oxazole rings is 1. The number of hydrogen-bond acceptors (Lipinski definition) is 6. The second kappa shape index (κ2) is 3.08. The van der Waals surface area contributed by atoms with Crippen LogP contribution in [0.4, 0.5) is 0 Å². The minimum Gasteiger partial charge on any atom is -0.388 e. The minimum absolute atomic E-state index is 0.141. The van der Waals surface area contributed by atoms with Crippen molar-refractivity contribution in [1.82, 2.24) is 19.9 Å². The molecule has 19 heavy (non-hydrogen) atoms. The molecule has 1 N–H and O–H groups in total. The van der Waals surface area contributed by atoms with E-state index in [0.717, 1.165) is 0 Å². The first-order valence-electron chi connectivity index (χ1n) is 5.79. The molecule has 0 atom stereocenters. The van der Waals surface area contributed by atoms with Crippen LogP contribution in [-0.2, 0) is 15.1 Å². The molecule has 2 saturated heterocycles. The van der Waals surface area contributed by atoms with Gasteiger partial charge in [-0.1, -0.05) is 0 Å². The molecule has 8 heteroatoms. The van der Waals surface area contributed by atoms with Gasteiger partial charge in [-0.2, -0.15) is 4.98 Å². The van der Waals surface area contributed by atoms with Gasteiger partial charge in [0.2, 0.25) is 5.91 Å². The number of rotatable bonds is 1. The molecular weight excluding hydrogens is 252 g/mol. The largest absolute Gasteiger partial charge is 0.422 e. The highest BCUT2D eigenvalue weighted by atomic mass is 16.4. The fourth-order valence-electron chi connectivity index (χ4n) is 2.92. The van der Waals surface area contributed by atoms with Gasteiger partial charge in [-0.05, 0) is 12.8 Å². The number of imide groups is 1. The lowest BCUT2D eigenvalue weighted by Gasteiger charge is -2.49. The summed E-state index contributed by atoms with van der Waals surface area (Å²) in [6, 6.07) is 0. The van der Waals surface area contributed by atoms with E-state index in [-0.39, 0.29) is 17.5 Å². The Balaban J connectivity index is 1.97. The van der Waals surface area contributed by atoms with Crippen LogP contribution < -0.4 is 11.1 Å². The van der Waals surface area contributed by atoms with Crippen molar-refractivity contribution in [2.45, 2.75) is 18.4 Å². The summed E-state index contributed by atoms with van der Waals surface area (Å²) in [6.07, 6.45) is 3.34. The third-order valence-corrected chi connectivity index (χ3v) is 3.89. The molecule has 1 aliphatic carbocycles. The molecule has 3 fully saturated rings. The van der Waals surface area contributed by atoms with E-state index in [0.29, 0.717) is 18.4 Å². The molecular formula is C11H8N4O4. The lowest BCUT2D eigenvalue weighted by Crippen LogP contribution is -2.68. The van der Waals surface area contributed by atoms with Crippen LogP contribution in [0.2, 0.25) is 0 Å². The van der Waals surface area contributed by atoms with Gasteiger partial charge in [0, 0.05) is 5.92 Å². The summed E-state index contributed by atoms with van der Waals surface area (Å²) in [7, 11) is 0. The molecule has 3 aliphatic rings. The van der Waals surface area contributed by atoms with Gasteiger partial charge >= 0.3 is 5.76 Å². The fraction of sp³-hybridized carbons (Fsp3) is 0.364. The Morgan fingerprint density at radius 1 is 1.37 bits per heavy atom. The lowest BCUT2D eigenvalue weighted by atomic mass is 9.64. The van der Waals surface area contributed by atoms with Crippen LogP contribution in [0, 0.1) is 5.92 Å². The molecule has 2 bridgehead atoms. The number of aromatic nitrogens is 3. The summed E-state index contributed by atoms with van der Waals surface area (Å²) in [4.78, 5) is 43.2. The maximum absolute atomic E-state index is 12.1. The summed E-state index contributed by atoms with van der Waals surface area (Å²) in [5, 5.41) is 2.28. The summed E-state index contributed by atoms with van der Waals surface area (Å²) < 4.78 is 6.27. The van der Waals surface area contributed by atoms with Crippen molar-refractivity contribution in [3.8, 4) is 0 Å². The van der Waals surface area contributed by atoms with Crippen molar-refractivity contribution in [2.24, 2.45) is 5.92 Å². The van der Waals surface area contributed by atoms with E-state index in [4.69, 9.17) is 4.42 Å². The van der Waals surface area contributed by atoms with Gasteiger partial charge in [0.25, 0.3) is 11.6 Å². The molecule has 0 unspecified atom stereocenters. The van der Waals surface area contributed by atoms with E-state index in [2.05, 4.69) is 15.3 Å². The number of carbonyl (C=O) groups is 2. The number of carbonyl (C=O) groups excluding carboxylic acids is 2. The monoisotopic (exact) mass is 260 g/mol. The third-order valence-electron chi connectivity index (χ3n) is 3.89. The van der Waals surface area contributed by atoms with Gasteiger partial charge in [-0.15, -0.1) is 0 Å². The van der Waals surface area contributed by atoms with Crippen LogP contribution in [0.15, 0.2) is 21.7 Å². The number of amides is 2. The highest BCUT2D eigenvalue weighted by Gasteiger charge is 2.60. The minimum atomic E-state index is -1.04. The smallest absolute Gasteiger partial charge is 0.388 e. The Morgan fingerprint density at radius 2 is 2.16 bits per heavy atom. The molecule has 5 rings (SSSR count). The van der Waals surface area contributed by atoms with E-state index < -0.39 is 17.2 Å². The number of hydrogen-bond donors (Lipinski definition) is 1. The fourth-order valence-corrected chi connectivity index (χ4v) is 2.92. The summed E-state index contributed by atoms with van der Waals surface area (Å²) in [5.74, 6) is -1.62. The third kappa shape index (κ3) is 1.11. The first-order valence-corrected chi connectivity index (χ1v) is 5.79. The Hall–Kier alpha value is -2.51. The average Bonchev–Trinajstić information content (AvgIpc) is 2.64. The molecule has 2 aromatic heterocycles. The summed E-state index contributed by atoms with van der Waals surface area (Å²) in [5.41, 5.74) is -0.524. The molecule has 2 amide bonds. The number of nitrogens with one attached hydrogen (secondary N) is 1. The number of fused-ring (bicyclic) bond motifs is 3. The Kier molecular flexibility index (Phi) is 1.69. The molecule has 4 heterocycles. The Morgan fingerprint density at radius 3 is 2.89 bits per heavy atom. The van der Waals surface area contributed by atoms with E-state index in [1.54, 1.807) is 0 Å². The van der Waals surface area contributed by atoms with Gasteiger partial charge in [0.05, 0.1) is 6.20 Å². The predicted octanol–water partition coefficient (Wildman–Crippen LogP) is -0.854. The standard InChI is InChI=1S/C11H8N4O4/c16-7-5-1-11(2-5,9(17)14-7)15-6-3-12-4-13-8(6)19-10(15)18/h3-5H,1-2H2,(H,14,16,17). The molecule has 2 aromatic rings. The van der Waals surface area contributed by atoms with E-state index in [1.165, 1.54) is 17.1 Å². The van der Waals surface area contributed by atoms with Crippen molar-refractivity contribution in [1.29, 1.82) is 0 Å². The van der Waals surface area contributed by atoms with Crippen molar-refractivity contribution >= 4 is 23.0 Å². The Labute approximate surface area is 105 Å². The molecule has 2 aliphatic heterocycles. The first-order chi connectivity index (χ1) is 9.12. The second-order valence-corrected chi connectivity index (χ2v) is 4.87. The highest BCUT2D eigenvalue weighted by molar-refractivity contribution is 6.06. The molecule has 1 saturated carbocycles. The van der Waals surface area contributed by atoms with Crippen molar-refractivity contribution in [3.63, 3.8) is 0 Å². The average molecular weight is 260 g/mol. The Bertz CT molecular complexity index is 783. The number of nitrogens with zero attached hydrogens (tertiary/aromatic N) is 3. The molecule has 0 radical (unpaired) electrons. The van der Waals surface area contributed by atoms with Crippen molar-refractivity contribution in [3.05, 3.63) is 23.1 Å². The maximum Gasteiger partial charge on any atom is 0.422 e. The van der Waals surface area contributed by atoms with Gasteiger partial charge in [-0.3, -0.25) is 19.5 Å². The van der Waals surface area contributed by atoms with Crippen molar-refractivity contribution < 1.29 is 14.0 Å². The maximum atomic E-state index is 12.1. The second-order valence-electron chi connectivity index (χ2n) is 4.87. The summed E-state index contributed by atoms with van der Waals surface area (Å²) in [6.45, 7) is 0. The quantitative estimate of drug-likeness (QED) is 0.669. The predicted molar refractivity (Wildman–Crippen MR) is 59.9 cm³/mol. The molecule has 0 aromatic carbocycles. The highest BCUT2D eigenvalue weighted by Crippen LogP contribution is 2.47. The zero-order valence-electron chi connectivity index (χ0n) is 9.62. The van der Waals surface area contributed by atoms with Crippen LogP contribution in [0.25, 0.3) is 11.2 Å². The van der Waals surface area contributed by atoms with E-state index in [9.17, 15) is 14.4 Å². The van der Waals surface area contributed by atoms with Gasteiger partial charge < -0.3 is 4.42 Å². The van der Waals surface area contributed by atoms with Crippen LogP contribution >= 0.6 is 0 Å². The zero-order valence-corrected chi connectivity index (χ0v) is 9.62. The van der Waals surface area contributed by atoms with Crippen molar-refractivity contribution in [2.75, 3.05) is 0 Å². The normalized spacial score (nSPS) is 29.2. The molecule has 96 valence electrons. The van der Waals surface area contributed by atoms with Crippen LogP contribution in [0.5, 0.6) is 0 Å². The SMILES string of the molecule is O=C1NC(=O)C2(n3c(=O)oc4ncncc43)CC1C2. The molecule has 8 nitrogen and oxygen atoms in total. The van der Waals surface area contributed by atoms with Gasteiger partial charge in [0.1, 0.15) is 17.4 Å². The van der Waals surface area contributed by atoms with Crippen LogP contribution in [-0.4, -0.2) is 26.3 Å². The summed E-state index contributed by atoms with van der Waals surface area (Å²) >= 11 is 0. The van der Waals surface area contributed by atoms with Gasteiger partial charge in [-0.25, -0.2) is 9.78 Å². The van der Waals surface area contributed by atoms with Crippen LogP contribution in [0.1, 0.15) is 12.8 Å². The van der Waals surface area contributed by atoms with E-state index >= 15 is 0 Å². The topological polar surface area (TPSA) is 107 Å². The van der Waals surface area contributed by atoms with Gasteiger partial charge in [0.15, 0.2) is 0 Å². The first kappa shape index (κ1) is 10.4. The zero-order chi connectivity index (χ0) is 13.2. The van der Waals surface area contributed by atoms with Crippen LogP contribution in [0.3, 0.4) is 0 Å². The van der Waals surface area contributed by atoms with E-state index in [1.807, 2.05) is 0 Å². The molecule has 0 spiro atoms. The lowest BCUT2D eigenvalue weighted by molar-refractivity contribution is -0.156. The number of piperidine rings is 2.